The number of hydrogen-bond acceptors (Lipinski definition) is 3. The van der Waals surface area contributed by atoms with Gasteiger partial charge in [0.05, 0.1) is 0 Å². The van der Waals surface area contributed by atoms with E-state index in [0.717, 1.165) is 0 Å². The first-order valence-electron chi connectivity index (χ1n) is 5.98. The van der Waals surface area contributed by atoms with Gasteiger partial charge in [-0.25, -0.2) is 0 Å². The maximum absolute atomic E-state index is 11.6. The molecule has 0 aliphatic carbocycles. The van der Waals surface area contributed by atoms with Crippen molar-refractivity contribution in [1.29, 1.82) is 0 Å². The van der Waals surface area contributed by atoms with E-state index >= 15 is 0 Å². The first-order chi connectivity index (χ1) is 9.02. The molecular weight excluding hydrogens is 268 g/mol. The molecule has 0 aliphatic heterocycles. The molecule has 2 N–H and O–H groups in total. The van der Waals surface area contributed by atoms with E-state index in [1.54, 1.807) is 31.2 Å². The lowest BCUT2D eigenvalue weighted by Crippen LogP contribution is -2.46. The summed E-state index contributed by atoms with van der Waals surface area (Å²) < 4.78 is 5.26. The molecule has 5 nitrogen and oxygen atoms in total. The van der Waals surface area contributed by atoms with Gasteiger partial charge in [-0.15, -0.1) is 0 Å². The molecule has 0 spiro atoms. The number of carbonyl (C=O) groups excluding carboxylic acids is 2. The second-order valence-corrected chi connectivity index (χ2v) is 4.37. The second-order valence-electron chi connectivity index (χ2n) is 3.93. The summed E-state index contributed by atoms with van der Waals surface area (Å²) in [6.07, 6.45) is 0. The van der Waals surface area contributed by atoms with Crippen molar-refractivity contribution in [3.63, 3.8) is 0 Å². The molecule has 1 atom stereocenters. The van der Waals surface area contributed by atoms with Crippen LogP contribution in [0.5, 0.6) is 5.75 Å². The smallest absolute Gasteiger partial charge is 0.258 e. The van der Waals surface area contributed by atoms with Crippen LogP contribution in [-0.4, -0.2) is 31.0 Å². The molecule has 0 radical (unpaired) electrons. The summed E-state index contributed by atoms with van der Waals surface area (Å²) in [5.74, 6) is -0.0781. The summed E-state index contributed by atoms with van der Waals surface area (Å²) in [5, 5.41) is 5.70. The Bertz CT molecular complexity index is 451. The van der Waals surface area contributed by atoms with Crippen molar-refractivity contribution in [2.75, 3.05) is 13.2 Å². The molecule has 0 saturated carbocycles. The van der Waals surface area contributed by atoms with Gasteiger partial charge in [0.1, 0.15) is 11.8 Å². The molecule has 0 bridgehead atoms. The van der Waals surface area contributed by atoms with Crippen LogP contribution in [-0.2, 0) is 9.59 Å². The summed E-state index contributed by atoms with van der Waals surface area (Å²) in [6.45, 7) is 3.79. The minimum absolute atomic E-state index is 0.163. The van der Waals surface area contributed by atoms with Gasteiger partial charge < -0.3 is 15.4 Å². The van der Waals surface area contributed by atoms with Gasteiger partial charge in [0.15, 0.2) is 6.61 Å². The van der Waals surface area contributed by atoms with Crippen LogP contribution in [0, 0.1) is 0 Å². The predicted octanol–water partition coefficient (Wildman–Crippen LogP) is 1.36. The number of benzene rings is 1. The highest BCUT2D eigenvalue weighted by atomic mass is 35.5. The Labute approximate surface area is 117 Å². The van der Waals surface area contributed by atoms with E-state index in [1.807, 2.05) is 6.92 Å². The van der Waals surface area contributed by atoms with Crippen molar-refractivity contribution in [3.8, 4) is 5.75 Å². The molecule has 1 aromatic carbocycles. The van der Waals surface area contributed by atoms with E-state index < -0.39 is 6.04 Å². The molecule has 0 fully saturated rings. The van der Waals surface area contributed by atoms with E-state index in [4.69, 9.17) is 16.3 Å². The molecule has 1 rings (SSSR count). The third-order valence-electron chi connectivity index (χ3n) is 2.29. The van der Waals surface area contributed by atoms with E-state index in [-0.39, 0.29) is 18.4 Å². The molecule has 0 heterocycles. The Hall–Kier alpha value is -1.75. The number of ether oxygens (including phenoxy) is 1. The first-order valence-corrected chi connectivity index (χ1v) is 6.36. The molecule has 19 heavy (non-hydrogen) atoms. The molecule has 1 aromatic rings. The SMILES string of the molecule is CCNC(=O)C(C)NC(=O)COc1cccc(Cl)c1. The third-order valence-corrected chi connectivity index (χ3v) is 2.52. The number of rotatable bonds is 6. The van der Waals surface area contributed by atoms with E-state index in [9.17, 15) is 9.59 Å². The summed E-state index contributed by atoms with van der Waals surface area (Å²) in [5.41, 5.74) is 0. The number of nitrogens with one attached hydrogen (secondary N) is 2. The minimum Gasteiger partial charge on any atom is -0.484 e. The highest BCUT2D eigenvalue weighted by Crippen LogP contribution is 2.16. The topological polar surface area (TPSA) is 67.4 Å². The Morgan fingerprint density at radius 1 is 1.42 bits per heavy atom. The van der Waals surface area contributed by atoms with E-state index in [1.165, 1.54) is 0 Å². The summed E-state index contributed by atoms with van der Waals surface area (Å²) in [4.78, 5) is 23.0. The monoisotopic (exact) mass is 284 g/mol. The van der Waals surface area contributed by atoms with Crippen molar-refractivity contribution in [1.82, 2.24) is 10.6 Å². The zero-order valence-electron chi connectivity index (χ0n) is 10.9. The molecular formula is C13H17ClN2O3. The van der Waals surface area contributed by atoms with Crippen LogP contribution >= 0.6 is 11.6 Å². The number of likely N-dealkylation sites (N-methyl/N-ethyl adjacent to an activating group) is 1. The van der Waals surface area contributed by atoms with Gasteiger partial charge in [0, 0.05) is 11.6 Å². The van der Waals surface area contributed by atoms with Crippen LogP contribution in [0.4, 0.5) is 0 Å². The Balaban J connectivity index is 2.37. The van der Waals surface area contributed by atoms with Crippen molar-refractivity contribution in [2.24, 2.45) is 0 Å². The van der Waals surface area contributed by atoms with Gasteiger partial charge in [-0.05, 0) is 32.0 Å². The van der Waals surface area contributed by atoms with Crippen LogP contribution in [0.3, 0.4) is 0 Å². The van der Waals surface area contributed by atoms with Gasteiger partial charge in [-0.2, -0.15) is 0 Å². The molecule has 1 unspecified atom stereocenters. The van der Waals surface area contributed by atoms with Crippen LogP contribution < -0.4 is 15.4 Å². The number of halogens is 1. The van der Waals surface area contributed by atoms with Crippen LogP contribution in [0.15, 0.2) is 24.3 Å². The lowest BCUT2D eigenvalue weighted by molar-refractivity contribution is -0.129. The van der Waals surface area contributed by atoms with E-state index in [0.29, 0.717) is 17.3 Å². The Morgan fingerprint density at radius 2 is 2.16 bits per heavy atom. The van der Waals surface area contributed by atoms with Crippen molar-refractivity contribution in [2.45, 2.75) is 19.9 Å². The van der Waals surface area contributed by atoms with Crippen molar-refractivity contribution in [3.05, 3.63) is 29.3 Å². The maximum atomic E-state index is 11.6. The van der Waals surface area contributed by atoms with Gasteiger partial charge in [-0.1, -0.05) is 17.7 Å². The van der Waals surface area contributed by atoms with Gasteiger partial charge in [-0.3, -0.25) is 9.59 Å². The highest BCUT2D eigenvalue weighted by molar-refractivity contribution is 6.30. The fourth-order valence-corrected chi connectivity index (χ4v) is 1.56. The number of hydrogen-bond donors (Lipinski definition) is 2. The standard InChI is InChI=1S/C13H17ClN2O3/c1-3-15-13(18)9(2)16-12(17)8-19-11-6-4-5-10(14)7-11/h4-7,9H,3,8H2,1-2H3,(H,15,18)(H,16,17). The third kappa shape index (κ3) is 5.61. The summed E-state index contributed by atoms with van der Waals surface area (Å²) >= 11 is 5.79. The summed E-state index contributed by atoms with van der Waals surface area (Å²) in [7, 11) is 0. The fraction of sp³-hybridized carbons (Fsp3) is 0.385. The zero-order chi connectivity index (χ0) is 14.3. The summed E-state index contributed by atoms with van der Waals surface area (Å²) in [6, 6.07) is 6.17. The normalized spacial score (nSPS) is 11.5. The highest BCUT2D eigenvalue weighted by Gasteiger charge is 2.14. The Morgan fingerprint density at radius 3 is 2.79 bits per heavy atom. The molecule has 0 saturated heterocycles. The quantitative estimate of drug-likeness (QED) is 0.829. The maximum Gasteiger partial charge on any atom is 0.258 e. The predicted molar refractivity (Wildman–Crippen MR) is 73.2 cm³/mol. The molecule has 104 valence electrons. The average molecular weight is 285 g/mol. The van der Waals surface area contributed by atoms with E-state index in [2.05, 4.69) is 10.6 Å². The van der Waals surface area contributed by atoms with Crippen LogP contribution in [0.2, 0.25) is 5.02 Å². The number of carbonyl (C=O) groups is 2. The van der Waals surface area contributed by atoms with Crippen molar-refractivity contribution >= 4 is 23.4 Å². The molecule has 0 aromatic heterocycles. The van der Waals surface area contributed by atoms with Gasteiger partial charge >= 0.3 is 0 Å². The van der Waals surface area contributed by atoms with Gasteiger partial charge in [0.2, 0.25) is 5.91 Å². The van der Waals surface area contributed by atoms with Crippen molar-refractivity contribution < 1.29 is 14.3 Å². The number of amides is 2. The molecule has 0 aliphatic rings. The van der Waals surface area contributed by atoms with Crippen LogP contribution in [0.25, 0.3) is 0 Å². The largest absolute Gasteiger partial charge is 0.484 e. The Kier molecular flexibility index (Phi) is 6.15. The second kappa shape index (κ2) is 7.63. The fourth-order valence-electron chi connectivity index (χ4n) is 1.38. The minimum atomic E-state index is -0.588. The molecule has 6 heteroatoms. The zero-order valence-corrected chi connectivity index (χ0v) is 11.7. The average Bonchev–Trinajstić information content (AvgIpc) is 2.36. The van der Waals surface area contributed by atoms with Gasteiger partial charge in [0.25, 0.3) is 5.91 Å². The lowest BCUT2D eigenvalue weighted by Gasteiger charge is -2.13. The first kappa shape index (κ1) is 15.3. The lowest BCUT2D eigenvalue weighted by atomic mass is 10.3. The van der Waals surface area contributed by atoms with Crippen LogP contribution in [0.1, 0.15) is 13.8 Å². The molecule has 2 amide bonds.